The van der Waals surface area contributed by atoms with Crippen LogP contribution in [0.4, 0.5) is 0 Å². The Morgan fingerprint density at radius 1 is 1.20 bits per heavy atom. The van der Waals surface area contributed by atoms with E-state index in [-0.39, 0.29) is 0 Å². The molecule has 0 aromatic heterocycles. The first-order chi connectivity index (χ1) is 7.17. The third-order valence-electron chi connectivity index (χ3n) is 2.98. The van der Waals surface area contributed by atoms with Gasteiger partial charge >= 0.3 is 0 Å². The van der Waals surface area contributed by atoms with Gasteiger partial charge in [-0.15, -0.1) is 0 Å². The molecule has 0 atom stereocenters. The van der Waals surface area contributed by atoms with E-state index in [1.165, 1.54) is 16.7 Å². The normalized spacial score (nSPS) is 17.8. The Balaban J connectivity index is 1.94. The van der Waals surface area contributed by atoms with Crippen molar-refractivity contribution in [2.24, 2.45) is 5.92 Å². The summed E-state index contributed by atoms with van der Waals surface area (Å²) in [6.07, 6.45) is 0. The van der Waals surface area contributed by atoms with Crippen LogP contribution in [0.2, 0.25) is 0 Å². The molecule has 1 fully saturated rings. The van der Waals surface area contributed by atoms with E-state index in [0.717, 1.165) is 19.6 Å². The topological polar surface area (TPSA) is 23.5 Å². The summed E-state index contributed by atoms with van der Waals surface area (Å²) < 4.78 is 0. The number of aliphatic hydroxyl groups excluding tert-OH is 1. The molecule has 1 aromatic carbocycles. The van der Waals surface area contributed by atoms with Gasteiger partial charge in [0.15, 0.2) is 0 Å². The van der Waals surface area contributed by atoms with E-state index in [4.69, 9.17) is 5.11 Å². The van der Waals surface area contributed by atoms with Crippen LogP contribution in [-0.2, 0) is 6.54 Å². The Bertz CT molecular complexity index is 322. The number of aliphatic hydroxyl groups is 1. The Morgan fingerprint density at radius 3 is 2.33 bits per heavy atom. The average molecular weight is 205 g/mol. The predicted octanol–water partition coefficient (Wildman–Crippen LogP) is 1.73. The van der Waals surface area contributed by atoms with Crippen LogP contribution in [0.15, 0.2) is 18.2 Å². The number of aryl methyl sites for hydroxylation is 2. The maximum Gasteiger partial charge on any atom is 0.0483 e. The molecular weight excluding hydrogens is 186 g/mol. The zero-order chi connectivity index (χ0) is 10.8. The number of hydrogen-bond donors (Lipinski definition) is 1. The summed E-state index contributed by atoms with van der Waals surface area (Å²) >= 11 is 0. The molecule has 1 heterocycles. The molecule has 0 unspecified atom stereocenters. The summed E-state index contributed by atoms with van der Waals surface area (Å²) in [6.45, 7) is 7.74. The van der Waals surface area contributed by atoms with Crippen LogP contribution in [0.3, 0.4) is 0 Å². The van der Waals surface area contributed by atoms with Crippen molar-refractivity contribution in [3.8, 4) is 0 Å². The highest BCUT2D eigenvalue weighted by Crippen LogP contribution is 2.19. The molecule has 1 aliphatic heterocycles. The van der Waals surface area contributed by atoms with E-state index in [2.05, 4.69) is 36.9 Å². The van der Waals surface area contributed by atoms with Crippen molar-refractivity contribution in [1.29, 1.82) is 0 Å². The van der Waals surface area contributed by atoms with Crippen LogP contribution < -0.4 is 0 Å². The van der Waals surface area contributed by atoms with Gasteiger partial charge < -0.3 is 5.11 Å². The van der Waals surface area contributed by atoms with Crippen molar-refractivity contribution < 1.29 is 5.11 Å². The van der Waals surface area contributed by atoms with Gasteiger partial charge in [0.25, 0.3) is 0 Å². The standard InChI is InChI=1S/C13H19NO/c1-10-3-11(2)5-12(4-10)6-14-7-13(8-14)9-15/h3-5,13,15H,6-9H2,1-2H3. The highest BCUT2D eigenvalue weighted by Gasteiger charge is 2.25. The largest absolute Gasteiger partial charge is 0.396 e. The van der Waals surface area contributed by atoms with Crippen molar-refractivity contribution in [2.45, 2.75) is 20.4 Å². The quantitative estimate of drug-likeness (QED) is 0.812. The van der Waals surface area contributed by atoms with Crippen LogP contribution in [0, 0.1) is 19.8 Å². The van der Waals surface area contributed by atoms with E-state index in [9.17, 15) is 0 Å². The minimum Gasteiger partial charge on any atom is -0.396 e. The smallest absolute Gasteiger partial charge is 0.0483 e. The summed E-state index contributed by atoms with van der Waals surface area (Å²) in [6, 6.07) is 6.70. The lowest BCUT2D eigenvalue weighted by Gasteiger charge is -2.38. The molecule has 2 heteroatoms. The van der Waals surface area contributed by atoms with Crippen molar-refractivity contribution in [3.63, 3.8) is 0 Å². The first kappa shape index (κ1) is 10.7. The molecule has 2 nitrogen and oxygen atoms in total. The number of rotatable bonds is 3. The van der Waals surface area contributed by atoms with Gasteiger partial charge in [0.1, 0.15) is 0 Å². The fraction of sp³-hybridized carbons (Fsp3) is 0.538. The SMILES string of the molecule is Cc1cc(C)cc(CN2CC(CO)C2)c1. The maximum absolute atomic E-state index is 8.93. The zero-order valence-electron chi connectivity index (χ0n) is 9.53. The third-order valence-corrected chi connectivity index (χ3v) is 2.98. The van der Waals surface area contributed by atoms with E-state index in [1.807, 2.05) is 0 Å². The molecule has 0 aliphatic carbocycles. The Hall–Kier alpha value is -0.860. The fourth-order valence-corrected chi connectivity index (χ4v) is 2.34. The van der Waals surface area contributed by atoms with Crippen LogP contribution in [-0.4, -0.2) is 29.7 Å². The molecule has 1 aromatic rings. The van der Waals surface area contributed by atoms with Crippen LogP contribution in [0.1, 0.15) is 16.7 Å². The van der Waals surface area contributed by atoms with Gasteiger partial charge in [-0.1, -0.05) is 29.3 Å². The van der Waals surface area contributed by atoms with Crippen LogP contribution in [0.5, 0.6) is 0 Å². The van der Waals surface area contributed by atoms with E-state index in [0.29, 0.717) is 12.5 Å². The minimum atomic E-state index is 0.337. The Labute approximate surface area is 91.5 Å². The Morgan fingerprint density at radius 2 is 1.80 bits per heavy atom. The molecule has 0 spiro atoms. The number of nitrogens with zero attached hydrogens (tertiary/aromatic N) is 1. The van der Waals surface area contributed by atoms with Gasteiger partial charge in [-0.2, -0.15) is 0 Å². The van der Waals surface area contributed by atoms with Crippen molar-refractivity contribution in [2.75, 3.05) is 19.7 Å². The van der Waals surface area contributed by atoms with Gasteiger partial charge in [0, 0.05) is 32.2 Å². The average Bonchev–Trinajstić information content (AvgIpc) is 2.08. The van der Waals surface area contributed by atoms with Gasteiger partial charge in [0.05, 0.1) is 0 Å². The van der Waals surface area contributed by atoms with Crippen molar-refractivity contribution in [3.05, 3.63) is 34.9 Å². The minimum absolute atomic E-state index is 0.337. The first-order valence-corrected chi connectivity index (χ1v) is 5.58. The highest BCUT2D eigenvalue weighted by molar-refractivity contribution is 5.28. The number of hydrogen-bond acceptors (Lipinski definition) is 2. The zero-order valence-corrected chi connectivity index (χ0v) is 9.53. The molecule has 15 heavy (non-hydrogen) atoms. The molecule has 82 valence electrons. The number of benzene rings is 1. The summed E-state index contributed by atoms with van der Waals surface area (Å²) in [5.41, 5.74) is 4.07. The molecule has 1 saturated heterocycles. The third kappa shape index (κ3) is 2.58. The molecule has 0 saturated carbocycles. The van der Waals surface area contributed by atoms with Crippen LogP contribution in [0.25, 0.3) is 0 Å². The summed E-state index contributed by atoms with van der Waals surface area (Å²) in [5, 5.41) is 8.93. The monoisotopic (exact) mass is 205 g/mol. The Kier molecular flexibility index (Phi) is 3.08. The molecule has 1 N–H and O–H groups in total. The second-order valence-corrected chi connectivity index (χ2v) is 4.74. The summed E-state index contributed by atoms with van der Waals surface area (Å²) in [7, 11) is 0. The molecular formula is C13H19NO. The van der Waals surface area contributed by atoms with Crippen LogP contribution >= 0.6 is 0 Å². The van der Waals surface area contributed by atoms with E-state index >= 15 is 0 Å². The van der Waals surface area contributed by atoms with E-state index < -0.39 is 0 Å². The molecule has 0 bridgehead atoms. The van der Waals surface area contributed by atoms with Gasteiger partial charge in [-0.25, -0.2) is 0 Å². The highest BCUT2D eigenvalue weighted by atomic mass is 16.3. The molecule has 2 rings (SSSR count). The molecule has 1 aliphatic rings. The maximum atomic E-state index is 8.93. The second kappa shape index (κ2) is 4.33. The van der Waals surface area contributed by atoms with Gasteiger partial charge in [-0.05, 0) is 19.4 Å². The molecule has 0 amide bonds. The predicted molar refractivity (Wildman–Crippen MR) is 61.8 cm³/mol. The van der Waals surface area contributed by atoms with Gasteiger partial charge in [0.2, 0.25) is 0 Å². The molecule has 0 radical (unpaired) electrons. The lowest BCUT2D eigenvalue weighted by molar-refractivity contribution is 0.0479. The van der Waals surface area contributed by atoms with Gasteiger partial charge in [-0.3, -0.25) is 4.90 Å². The van der Waals surface area contributed by atoms with Crippen molar-refractivity contribution in [1.82, 2.24) is 4.90 Å². The fourth-order valence-electron chi connectivity index (χ4n) is 2.34. The lowest BCUT2D eigenvalue weighted by atomic mass is 9.99. The van der Waals surface area contributed by atoms with Crippen molar-refractivity contribution >= 4 is 0 Å². The summed E-state index contributed by atoms with van der Waals surface area (Å²) in [5.74, 6) is 0.510. The summed E-state index contributed by atoms with van der Waals surface area (Å²) in [4.78, 5) is 2.38. The lowest BCUT2D eigenvalue weighted by Crippen LogP contribution is -2.47. The number of likely N-dealkylation sites (tertiary alicyclic amines) is 1. The first-order valence-electron chi connectivity index (χ1n) is 5.58. The van der Waals surface area contributed by atoms with E-state index in [1.54, 1.807) is 0 Å². The second-order valence-electron chi connectivity index (χ2n) is 4.74.